The summed E-state index contributed by atoms with van der Waals surface area (Å²) >= 11 is 0. The van der Waals surface area contributed by atoms with Gasteiger partial charge in [-0.25, -0.2) is 0 Å². The third-order valence-electron chi connectivity index (χ3n) is 4.18. The van der Waals surface area contributed by atoms with Crippen molar-refractivity contribution in [2.75, 3.05) is 18.1 Å². The molecule has 2 rings (SSSR count). The van der Waals surface area contributed by atoms with E-state index in [4.69, 9.17) is 10.5 Å². The molecule has 0 fully saturated rings. The second-order valence-corrected chi connectivity index (χ2v) is 5.26. The van der Waals surface area contributed by atoms with Crippen LogP contribution >= 0.6 is 0 Å². The van der Waals surface area contributed by atoms with E-state index >= 15 is 0 Å². The highest BCUT2D eigenvalue weighted by atomic mass is 16.5. The predicted molar refractivity (Wildman–Crippen MR) is 81.0 cm³/mol. The minimum Gasteiger partial charge on any atom is -0.482 e. The zero-order valence-electron chi connectivity index (χ0n) is 12.6. The van der Waals surface area contributed by atoms with Gasteiger partial charge in [-0.15, -0.1) is 0 Å². The molecule has 1 aromatic rings. The zero-order valence-corrected chi connectivity index (χ0v) is 12.6. The Kier molecular flexibility index (Phi) is 4.65. The van der Waals surface area contributed by atoms with Crippen LogP contribution in [-0.2, 0) is 4.79 Å². The Morgan fingerprint density at radius 3 is 2.60 bits per heavy atom. The molecule has 0 aliphatic carbocycles. The molecule has 1 amide bonds. The quantitative estimate of drug-likeness (QED) is 0.899. The van der Waals surface area contributed by atoms with Crippen LogP contribution in [0.3, 0.4) is 0 Å². The number of ether oxygens (including phenoxy) is 1. The van der Waals surface area contributed by atoms with Gasteiger partial charge in [0.05, 0.1) is 5.69 Å². The number of amides is 1. The van der Waals surface area contributed by atoms with E-state index in [1.807, 2.05) is 25.1 Å². The molecular formula is C16H24N2O2. The van der Waals surface area contributed by atoms with Gasteiger partial charge in [0, 0.05) is 12.6 Å². The topological polar surface area (TPSA) is 55.6 Å². The molecule has 4 nitrogen and oxygen atoms in total. The number of nitrogens with two attached hydrogens (primary N) is 1. The molecule has 1 aromatic carbocycles. The molecule has 2 N–H and O–H groups in total. The average Bonchev–Trinajstić information content (AvgIpc) is 2.47. The Balaban J connectivity index is 2.35. The number of hydrogen-bond donors (Lipinski definition) is 1. The number of carbonyl (C=O) groups excluding carboxylic acids is 1. The maximum atomic E-state index is 11.9. The molecule has 1 atom stereocenters. The lowest BCUT2D eigenvalue weighted by atomic mass is 9.89. The normalized spacial score (nSPS) is 16.1. The van der Waals surface area contributed by atoms with Crippen molar-refractivity contribution in [3.05, 3.63) is 23.8 Å². The van der Waals surface area contributed by atoms with Crippen molar-refractivity contribution in [3.8, 4) is 5.75 Å². The van der Waals surface area contributed by atoms with Crippen molar-refractivity contribution in [1.82, 2.24) is 0 Å². The molecule has 0 saturated heterocycles. The summed E-state index contributed by atoms with van der Waals surface area (Å²) in [5, 5.41) is 0. The van der Waals surface area contributed by atoms with Gasteiger partial charge in [0.1, 0.15) is 5.75 Å². The van der Waals surface area contributed by atoms with Gasteiger partial charge in [0.15, 0.2) is 6.61 Å². The van der Waals surface area contributed by atoms with E-state index in [2.05, 4.69) is 13.8 Å². The summed E-state index contributed by atoms with van der Waals surface area (Å²) in [5.41, 5.74) is 8.30. The molecule has 0 aromatic heterocycles. The van der Waals surface area contributed by atoms with Gasteiger partial charge in [-0.3, -0.25) is 4.79 Å². The van der Waals surface area contributed by atoms with E-state index in [1.54, 1.807) is 4.90 Å². The molecule has 110 valence electrons. The summed E-state index contributed by atoms with van der Waals surface area (Å²) in [6, 6.07) is 5.97. The molecule has 0 bridgehead atoms. The zero-order chi connectivity index (χ0) is 14.7. The fourth-order valence-corrected chi connectivity index (χ4v) is 2.84. The molecule has 1 unspecified atom stereocenters. The summed E-state index contributed by atoms with van der Waals surface area (Å²) < 4.78 is 5.48. The van der Waals surface area contributed by atoms with Gasteiger partial charge in [-0.05, 0) is 30.5 Å². The van der Waals surface area contributed by atoms with Crippen molar-refractivity contribution < 1.29 is 9.53 Å². The second-order valence-electron chi connectivity index (χ2n) is 5.26. The summed E-state index contributed by atoms with van der Waals surface area (Å²) in [7, 11) is 0. The minimum atomic E-state index is 0.00559. The maximum Gasteiger partial charge on any atom is 0.265 e. The third-order valence-corrected chi connectivity index (χ3v) is 4.18. The van der Waals surface area contributed by atoms with Crippen molar-refractivity contribution >= 4 is 11.6 Å². The largest absolute Gasteiger partial charge is 0.482 e. The highest BCUT2D eigenvalue weighted by Gasteiger charge is 2.26. The highest BCUT2D eigenvalue weighted by molar-refractivity contribution is 5.97. The summed E-state index contributed by atoms with van der Waals surface area (Å²) in [4.78, 5) is 13.7. The fourth-order valence-electron chi connectivity index (χ4n) is 2.84. The van der Waals surface area contributed by atoms with Gasteiger partial charge < -0.3 is 15.4 Å². The number of likely N-dealkylation sites (N-methyl/N-ethyl adjacent to an activating group) is 1. The number of benzene rings is 1. The number of anilines is 1. The molecule has 0 saturated carbocycles. The molecule has 0 radical (unpaired) electrons. The standard InChI is InChI=1S/C16H24N2O2/c1-4-11(5-2)16(17)12-7-8-14-13(9-12)18(6-3)15(19)10-20-14/h7-9,11,16H,4-6,10,17H2,1-3H3. The van der Waals surface area contributed by atoms with Crippen LogP contribution in [0.25, 0.3) is 0 Å². The summed E-state index contributed by atoms with van der Waals surface area (Å²) in [6.07, 6.45) is 2.11. The first-order valence-electron chi connectivity index (χ1n) is 7.45. The number of rotatable bonds is 5. The maximum absolute atomic E-state index is 11.9. The Hall–Kier alpha value is -1.55. The van der Waals surface area contributed by atoms with Crippen molar-refractivity contribution in [2.24, 2.45) is 11.7 Å². The first kappa shape index (κ1) is 14.9. The third kappa shape index (κ3) is 2.66. The lowest BCUT2D eigenvalue weighted by Crippen LogP contribution is -2.38. The highest BCUT2D eigenvalue weighted by Crippen LogP contribution is 2.36. The van der Waals surface area contributed by atoms with E-state index in [0.29, 0.717) is 12.5 Å². The van der Waals surface area contributed by atoms with Crippen molar-refractivity contribution in [3.63, 3.8) is 0 Å². The Morgan fingerprint density at radius 1 is 1.30 bits per heavy atom. The molecule has 1 aliphatic heterocycles. The van der Waals surface area contributed by atoms with E-state index in [9.17, 15) is 4.79 Å². The Bertz CT molecular complexity index is 483. The Labute approximate surface area is 120 Å². The smallest absolute Gasteiger partial charge is 0.265 e. The molecule has 0 spiro atoms. The van der Waals surface area contributed by atoms with Gasteiger partial charge in [0.25, 0.3) is 5.91 Å². The van der Waals surface area contributed by atoms with Crippen LogP contribution in [0.2, 0.25) is 0 Å². The molecule has 1 heterocycles. The number of hydrogen-bond acceptors (Lipinski definition) is 3. The van der Waals surface area contributed by atoms with Crippen LogP contribution in [0.4, 0.5) is 5.69 Å². The molecular weight excluding hydrogens is 252 g/mol. The van der Waals surface area contributed by atoms with Crippen molar-refractivity contribution in [1.29, 1.82) is 0 Å². The van der Waals surface area contributed by atoms with Crippen LogP contribution in [0, 0.1) is 5.92 Å². The summed E-state index contributed by atoms with van der Waals surface area (Å²) in [5.74, 6) is 1.24. The number of nitrogens with zero attached hydrogens (tertiary/aromatic N) is 1. The lowest BCUT2D eigenvalue weighted by Gasteiger charge is -2.30. The Morgan fingerprint density at radius 2 is 2.00 bits per heavy atom. The first-order valence-corrected chi connectivity index (χ1v) is 7.45. The molecule has 1 aliphatic rings. The first-order chi connectivity index (χ1) is 9.62. The molecule has 20 heavy (non-hydrogen) atoms. The van der Waals surface area contributed by atoms with Crippen LogP contribution in [-0.4, -0.2) is 19.1 Å². The van der Waals surface area contributed by atoms with Crippen LogP contribution in [0.1, 0.15) is 45.2 Å². The lowest BCUT2D eigenvalue weighted by molar-refractivity contribution is -0.121. The second kappa shape index (κ2) is 6.27. The van der Waals surface area contributed by atoms with E-state index in [0.717, 1.165) is 29.8 Å². The minimum absolute atomic E-state index is 0.00559. The van der Waals surface area contributed by atoms with Gasteiger partial charge in [-0.2, -0.15) is 0 Å². The monoisotopic (exact) mass is 276 g/mol. The average molecular weight is 276 g/mol. The van der Waals surface area contributed by atoms with Gasteiger partial charge >= 0.3 is 0 Å². The van der Waals surface area contributed by atoms with Crippen LogP contribution in [0.5, 0.6) is 5.75 Å². The number of fused-ring (bicyclic) bond motifs is 1. The van der Waals surface area contributed by atoms with E-state index in [1.165, 1.54) is 0 Å². The van der Waals surface area contributed by atoms with E-state index in [-0.39, 0.29) is 18.6 Å². The van der Waals surface area contributed by atoms with Gasteiger partial charge in [0.2, 0.25) is 0 Å². The van der Waals surface area contributed by atoms with E-state index < -0.39 is 0 Å². The summed E-state index contributed by atoms with van der Waals surface area (Å²) in [6.45, 7) is 7.08. The predicted octanol–water partition coefficient (Wildman–Crippen LogP) is 2.87. The van der Waals surface area contributed by atoms with Gasteiger partial charge in [-0.1, -0.05) is 32.8 Å². The SMILES string of the molecule is CCC(CC)C(N)c1ccc2c(c1)N(CC)C(=O)CO2. The fraction of sp³-hybridized carbons (Fsp3) is 0.562. The number of carbonyl (C=O) groups is 1. The van der Waals surface area contributed by atoms with Crippen LogP contribution in [0.15, 0.2) is 18.2 Å². The molecule has 4 heteroatoms. The van der Waals surface area contributed by atoms with Crippen molar-refractivity contribution in [2.45, 2.75) is 39.7 Å². The van der Waals surface area contributed by atoms with Crippen LogP contribution < -0.4 is 15.4 Å².